The third-order valence-corrected chi connectivity index (χ3v) is 5.88. The summed E-state index contributed by atoms with van der Waals surface area (Å²) in [6.45, 7) is 3.34. The fourth-order valence-electron chi connectivity index (χ4n) is 4.34. The molecule has 6 heteroatoms. The molecule has 0 aliphatic carbocycles. The van der Waals surface area contributed by atoms with Crippen molar-refractivity contribution < 1.29 is 14.3 Å². The lowest BCUT2D eigenvalue weighted by molar-refractivity contribution is -0.143. The van der Waals surface area contributed by atoms with Gasteiger partial charge in [-0.25, -0.2) is 9.97 Å². The second-order valence-electron chi connectivity index (χ2n) is 7.66. The Morgan fingerprint density at radius 3 is 2.64 bits per heavy atom. The fraction of sp³-hybridized carbons (Fsp3) is 0.500. The summed E-state index contributed by atoms with van der Waals surface area (Å²) in [5.41, 5.74) is 0.643. The number of carbonyl (C=O) groups excluding carboxylic acids is 1. The van der Waals surface area contributed by atoms with Gasteiger partial charge in [-0.05, 0) is 37.3 Å². The van der Waals surface area contributed by atoms with E-state index in [1.807, 2.05) is 23.1 Å². The van der Waals surface area contributed by atoms with E-state index in [1.165, 1.54) is 0 Å². The number of piperidine rings is 1. The molecule has 1 amide bonds. The summed E-state index contributed by atoms with van der Waals surface area (Å²) in [6.07, 6.45) is 6.88. The Balaban J connectivity index is 1.46. The molecule has 28 heavy (non-hydrogen) atoms. The van der Waals surface area contributed by atoms with Gasteiger partial charge in [0, 0.05) is 44.6 Å². The summed E-state index contributed by atoms with van der Waals surface area (Å²) < 4.78 is 11.3. The molecule has 1 aromatic carbocycles. The Bertz CT molecular complexity index is 763. The van der Waals surface area contributed by atoms with E-state index in [0.717, 1.165) is 44.3 Å². The Kier molecular flexibility index (Phi) is 5.86. The minimum Gasteiger partial charge on any atom is -0.463 e. The number of aromatic nitrogens is 2. The van der Waals surface area contributed by atoms with Crippen molar-refractivity contribution in [3.05, 3.63) is 54.4 Å². The zero-order valence-electron chi connectivity index (χ0n) is 16.1. The quantitative estimate of drug-likeness (QED) is 0.797. The van der Waals surface area contributed by atoms with Crippen molar-refractivity contribution in [1.82, 2.24) is 14.9 Å². The molecule has 2 aromatic rings. The molecule has 4 rings (SSSR count). The molecule has 148 valence electrons. The molecule has 0 bridgehead atoms. The molecule has 6 nitrogen and oxygen atoms in total. The summed E-state index contributed by atoms with van der Waals surface area (Å²) in [4.78, 5) is 24.0. The highest BCUT2D eigenvalue weighted by Crippen LogP contribution is 2.37. The monoisotopic (exact) mass is 381 g/mol. The van der Waals surface area contributed by atoms with E-state index in [2.05, 4.69) is 22.1 Å². The zero-order valence-corrected chi connectivity index (χ0v) is 16.1. The molecule has 3 heterocycles. The fourth-order valence-corrected chi connectivity index (χ4v) is 4.34. The van der Waals surface area contributed by atoms with Crippen molar-refractivity contribution in [2.24, 2.45) is 5.92 Å². The smallest absolute Gasteiger partial charge is 0.316 e. The third-order valence-electron chi connectivity index (χ3n) is 5.88. The number of ether oxygens (including phenoxy) is 2. The second-order valence-corrected chi connectivity index (χ2v) is 7.66. The van der Waals surface area contributed by atoms with Gasteiger partial charge in [0.15, 0.2) is 0 Å². The zero-order chi connectivity index (χ0) is 19.2. The van der Waals surface area contributed by atoms with Crippen LogP contribution in [-0.4, -0.2) is 53.7 Å². The van der Waals surface area contributed by atoms with Gasteiger partial charge in [0.1, 0.15) is 0 Å². The van der Waals surface area contributed by atoms with Gasteiger partial charge in [0.05, 0.1) is 12.0 Å². The molecule has 2 saturated heterocycles. The van der Waals surface area contributed by atoms with Crippen LogP contribution in [0.2, 0.25) is 0 Å². The standard InChI is InChI=1S/C22H27N3O3/c26-20(22(9-14-27-15-10-22)19-7-2-1-3-8-19)25-13-4-6-18(16-25)17-28-21-23-11-5-12-24-21/h1-3,5,7-8,11-12,18H,4,6,9-10,13-17H2. The highest BCUT2D eigenvalue weighted by molar-refractivity contribution is 5.88. The van der Waals surface area contributed by atoms with Crippen LogP contribution in [0.1, 0.15) is 31.2 Å². The molecule has 0 spiro atoms. The number of hydrogen-bond donors (Lipinski definition) is 0. The van der Waals surface area contributed by atoms with Crippen LogP contribution in [0.5, 0.6) is 6.01 Å². The van der Waals surface area contributed by atoms with Crippen molar-refractivity contribution >= 4 is 5.91 Å². The Labute approximate surface area is 165 Å². The number of nitrogens with zero attached hydrogens (tertiary/aromatic N) is 3. The molecule has 0 N–H and O–H groups in total. The van der Waals surface area contributed by atoms with Crippen LogP contribution in [0.15, 0.2) is 48.8 Å². The molecule has 1 unspecified atom stereocenters. The summed E-state index contributed by atoms with van der Waals surface area (Å²) >= 11 is 0. The van der Waals surface area contributed by atoms with Crippen LogP contribution in [0.25, 0.3) is 0 Å². The Hall–Kier alpha value is -2.47. The lowest BCUT2D eigenvalue weighted by atomic mass is 9.72. The molecular formula is C22H27N3O3. The summed E-state index contributed by atoms with van der Waals surface area (Å²) in [5.74, 6) is 0.539. The Morgan fingerprint density at radius 2 is 1.89 bits per heavy atom. The molecule has 2 aliphatic rings. The highest BCUT2D eigenvalue weighted by Gasteiger charge is 2.44. The minimum absolute atomic E-state index is 0.239. The summed E-state index contributed by atoms with van der Waals surface area (Å²) in [7, 11) is 0. The second kappa shape index (κ2) is 8.69. The highest BCUT2D eigenvalue weighted by atomic mass is 16.5. The van der Waals surface area contributed by atoms with Crippen molar-refractivity contribution in [2.45, 2.75) is 31.1 Å². The van der Waals surface area contributed by atoms with Gasteiger partial charge in [0.2, 0.25) is 5.91 Å². The normalized spacial score (nSPS) is 21.9. The average molecular weight is 381 g/mol. The van der Waals surface area contributed by atoms with Crippen LogP contribution in [0, 0.1) is 5.92 Å². The minimum atomic E-state index is -0.467. The van der Waals surface area contributed by atoms with E-state index in [0.29, 0.717) is 31.7 Å². The van der Waals surface area contributed by atoms with Crippen molar-refractivity contribution in [1.29, 1.82) is 0 Å². The van der Waals surface area contributed by atoms with Crippen LogP contribution < -0.4 is 4.74 Å². The van der Waals surface area contributed by atoms with Crippen molar-refractivity contribution in [3.63, 3.8) is 0 Å². The lowest BCUT2D eigenvalue weighted by Gasteiger charge is -2.42. The van der Waals surface area contributed by atoms with Gasteiger partial charge in [-0.2, -0.15) is 0 Å². The SMILES string of the molecule is O=C(N1CCCC(COc2ncccn2)C1)C1(c2ccccc2)CCOCC1. The van der Waals surface area contributed by atoms with Crippen molar-refractivity contribution in [2.75, 3.05) is 32.9 Å². The first-order valence-corrected chi connectivity index (χ1v) is 10.1. The number of rotatable bonds is 5. The van der Waals surface area contributed by atoms with E-state index >= 15 is 0 Å². The first-order chi connectivity index (χ1) is 13.8. The topological polar surface area (TPSA) is 64.6 Å². The van der Waals surface area contributed by atoms with Gasteiger partial charge in [0.25, 0.3) is 0 Å². The molecule has 1 aromatic heterocycles. The van der Waals surface area contributed by atoms with E-state index in [4.69, 9.17) is 9.47 Å². The molecule has 0 radical (unpaired) electrons. The van der Waals surface area contributed by atoms with Gasteiger partial charge >= 0.3 is 6.01 Å². The molecule has 0 saturated carbocycles. The van der Waals surface area contributed by atoms with Crippen LogP contribution in [0.4, 0.5) is 0 Å². The number of likely N-dealkylation sites (tertiary alicyclic amines) is 1. The molecule has 2 aliphatic heterocycles. The van der Waals surface area contributed by atoms with E-state index in [-0.39, 0.29) is 5.91 Å². The van der Waals surface area contributed by atoms with Crippen LogP contribution in [-0.2, 0) is 14.9 Å². The first-order valence-electron chi connectivity index (χ1n) is 10.1. The van der Waals surface area contributed by atoms with Gasteiger partial charge < -0.3 is 14.4 Å². The lowest BCUT2D eigenvalue weighted by Crippen LogP contribution is -2.53. The largest absolute Gasteiger partial charge is 0.463 e. The summed E-state index contributed by atoms with van der Waals surface area (Å²) in [5, 5.41) is 0. The Morgan fingerprint density at radius 1 is 1.14 bits per heavy atom. The maximum Gasteiger partial charge on any atom is 0.316 e. The maximum absolute atomic E-state index is 13.7. The number of hydrogen-bond acceptors (Lipinski definition) is 5. The molecular weight excluding hydrogens is 354 g/mol. The number of carbonyl (C=O) groups is 1. The average Bonchev–Trinajstić information content (AvgIpc) is 2.79. The van der Waals surface area contributed by atoms with Gasteiger partial charge in [-0.3, -0.25) is 4.79 Å². The summed E-state index contributed by atoms with van der Waals surface area (Å²) in [6, 6.07) is 12.4. The maximum atomic E-state index is 13.7. The van der Waals surface area contributed by atoms with Crippen molar-refractivity contribution in [3.8, 4) is 6.01 Å². The predicted octanol–water partition coefficient (Wildman–Crippen LogP) is 2.84. The first kappa shape index (κ1) is 18.9. The van der Waals surface area contributed by atoms with Crippen LogP contribution >= 0.6 is 0 Å². The predicted molar refractivity (Wildman–Crippen MR) is 105 cm³/mol. The van der Waals surface area contributed by atoms with Gasteiger partial charge in [-0.1, -0.05) is 30.3 Å². The van der Waals surface area contributed by atoms with E-state index in [9.17, 15) is 4.79 Å². The number of amides is 1. The number of benzene rings is 1. The van der Waals surface area contributed by atoms with Gasteiger partial charge in [-0.15, -0.1) is 0 Å². The third kappa shape index (κ3) is 4.02. The van der Waals surface area contributed by atoms with Crippen LogP contribution in [0.3, 0.4) is 0 Å². The molecule has 2 fully saturated rings. The van der Waals surface area contributed by atoms with E-state index in [1.54, 1.807) is 18.5 Å². The van der Waals surface area contributed by atoms with E-state index < -0.39 is 5.41 Å². The molecule has 1 atom stereocenters.